The van der Waals surface area contributed by atoms with Crippen molar-refractivity contribution in [2.45, 2.75) is 6.92 Å². The molecule has 0 aliphatic rings. The number of nitrogens with zero attached hydrogens (tertiary/aromatic N) is 1. The van der Waals surface area contributed by atoms with Crippen LogP contribution >= 0.6 is 0 Å². The number of likely N-dealkylation sites (N-methyl/N-ethyl adjacent to an activating group) is 1. The molecule has 0 aliphatic carbocycles. The molecular formula is C15H25N3O3. The smallest absolute Gasteiger partial charge is 0.238 e. The zero-order valence-electron chi connectivity index (χ0n) is 12.8. The molecule has 0 aliphatic heterocycles. The lowest BCUT2D eigenvalue weighted by Gasteiger charge is -2.19. The van der Waals surface area contributed by atoms with Crippen molar-refractivity contribution in [2.24, 2.45) is 5.73 Å². The van der Waals surface area contributed by atoms with Gasteiger partial charge >= 0.3 is 0 Å². The van der Waals surface area contributed by atoms with Crippen molar-refractivity contribution < 1.29 is 14.3 Å². The van der Waals surface area contributed by atoms with Crippen molar-refractivity contribution in [3.8, 4) is 5.75 Å². The third-order valence-corrected chi connectivity index (χ3v) is 2.98. The molecule has 0 saturated carbocycles. The SMILES string of the molecule is CCN(CCOCCN)CC(=O)Nc1cccc(OC)c1. The number of anilines is 1. The molecule has 118 valence electrons. The number of methoxy groups -OCH3 is 1. The minimum absolute atomic E-state index is 0.0519. The molecule has 0 fully saturated rings. The van der Waals surface area contributed by atoms with E-state index >= 15 is 0 Å². The van der Waals surface area contributed by atoms with Crippen LogP contribution in [-0.2, 0) is 9.53 Å². The van der Waals surface area contributed by atoms with Gasteiger partial charge in [-0.3, -0.25) is 9.69 Å². The van der Waals surface area contributed by atoms with Crippen LogP contribution in [0.4, 0.5) is 5.69 Å². The average molecular weight is 295 g/mol. The van der Waals surface area contributed by atoms with E-state index in [2.05, 4.69) is 5.32 Å². The van der Waals surface area contributed by atoms with Crippen molar-refractivity contribution in [3.05, 3.63) is 24.3 Å². The van der Waals surface area contributed by atoms with Crippen LogP contribution in [0.5, 0.6) is 5.75 Å². The molecule has 0 unspecified atom stereocenters. The predicted octanol–water partition coefficient (Wildman–Crippen LogP) is 0.931. The normalized spacial score (nSPS) is 10.7. The Balaban J connectivity index is 2.39. The van der Waals surface area contributed by atoms with Crippen LogP contribution in [0.3, 0.4) is 0 Å². The Hall–Kier alpha value is -1.63. The van der Waals surface area contributed by atoms with Crippen LogP contribution in [0, 0.1) is 0 Å². The lowest BCUT2D eigenvalue weighted by atomic mass is 10.3. The summed E-state index contributed by atoms with van der Waals surface area (Å²) in [4.78, 5) is 14.0. The lowest BCUT2D eigenvalue weighted by Crippen LogP contribution is -2.35. The fourth-order valence-corrected chi connectivity index (χ4v) is 1.83. The maximum Gasteiger partial charge on any atom is 0.238 e. The molecule has 0 saturated heterocycles. The van der Waals surface area contributed by atoms with E-state index < -0.39 is 0 Å². The highest BCUT2D eigenvalue weighted by Crippen LogP contribution is 2.16. The predicted molar refractivity (Wildman–Crippen MR) is 83.6 cm³/mol. The number of benzene rings is 1. The van der Waals surface area contributed by atoms with Crippen LogP contribution in [-0.4, -0.2) is 57.3 Å². The zero-order valence-corrected chi connectivity index (χ0v) is 12.8. The van der Waals surface area contributed by atoms with Gasteiger partial charge in [0.1, 0.15) is 5.75 Å². The molecule has 1 aromatic rings. The second-order valence-electron chi connectivity index (χ2n) is 4.55. The van der Waals surface area contributed by atoms with Gasteiger partial charge in [0.15, 0.2) is 0 Å². The van der Waals surface area contributed by atoms with E-state index in [0.717, 1.165) is 18.0 Å². The molecule has 0 spiro atoms. The topological polar surface area (TPSA) is 76.8 Å². The number of carbonyl (C=O) groups excluding carboxylic acids is 1. The van der Waals surface area contributed by atoms with E-state index in [9.17, 15) is 4.79 Å². The maximum atomic E-state index is 12.0. The van der Waals surface area contributed by atoms with E-state index in [1.165, 1.54) is 0 Å². The Morgan fingerprint density at radius 1 is 1.38 bits per heavy atom. The molecule has 0 aromatic heterocycles. The highest BCUT2D eigenvalue weighted by atomic mass is 16.5. The summed E-state index contributed by atoms with van der Waals surface area (Å²) in [6.45, 7) is 5.49. The van der Waals surface area contributed by atoms with Crippen LogP contribution in [0.2, 0.25) is 0 Å². The number of rotatable bonds is 10. The summed E-state index contributed by atoms with van der Waals surface area (Å²) in [5.74, 6) is 0.666. The van der Waals surface area contributed by atoms with E-state index in [1.807, 2.05) is 30.0 Å². The summed E-state index contributed by atoms with van der Waals surface area (Å²) >= 11 is 0. The Labute approximate surface area is 126 Å². The molecule has 0 radical (unpaired) electrons. The Kier molecular flexibility index (Phi) is 8.42. The van der Waals surface area contributed by atoms with E-state index in [1.54, 1.807) is 13.2 Å². The molecule has 1 amide bonds. The molecule has 1 rings (SSSR count). The van der Waals surface area contributed by atoms with Gasteiger partial charge in [0.05, 0.1) is 26.9 Å². The van der Waals surface area contributed by atoms with Gasteiger partial charge in [0.25, 0.3) is 0 Å². The van der Waals surface area contributed by atoms with Crippen LogP contribution in [0.1, 0.15) is 6.92 Å². The van der Waals surface area contributed by atoms with Crippen LogP contribution in [0.15, 0.2) is 24.3 Å². The van der Waals surface area contributed by atoms with Crippen molar-refractivity contribution in [1.82, 2.24) is 4.90 Å². The first-order valence-corrected chi connectivity index (χ1v) is 7.13. The number of nitrogens with two attached hydrogens (primary N) is 1. The summed E-state index contributed by atoms with van der Waals surface area (Å²) < 4.78 is 10.5. The Morgan fingerprint density at radius 3 is 2.86 bits per heavy atom. The van der Waals surface area contributed by atoms with Crippen molar-refractivity contribution in [2.75, 3.05) is 51.8 Å². The van der Waals surface area contributed by atoms with Crippen molar-refractivity contribution in [3.63, 3.8) is 0 Å². The second kappa shape index (κ2) is 10.1. The average Bonchev–Trinajstić information content (AvgIpc) is 2.50. The zero-order chi connectivity index (χ0) is 15.5. The van der Waals surface area contributed by atoms with Gasteiger partial charge in [-0.15, -0.1) is 0 Å². The van der Waals surface area contributed by atoms with Crippen molar-refractivity contribution in [1.29, 1.82) is 0 Å². The summed E-state index contributed by atoms with van der Waals surface area (Å²) in [5.41, 5.74) is 6.09. The standard InChI is InChI=1S/C15H25N3O3/c1-3-18(8-10-21-9-7-16)12-15(19)17-13-5-4-6-14(11-13)20-2/h4-6,11H,3,7-10,12,16H2,1-2H3,(H,17,19). The molecule has 0 atom stereocenters. The van der Waals surface area contributed by atoms with Gasteiger partial charge in [-0.2, -0.15) is 0 Å². The van der Waals surface area contributed by atoms with Gasteiger partial charge in [-0.05, 0) is 18.7 Å². The minimum Gasteiger partial charge on any atom is -0.497 e. The fourth-order valence-electron chi connectivity index (χ4n) is 1.83. The number of carbonyl (C=O) groups is 1. The molecular weight excluding hydrogens is 270 g/mol. The Morgan fingerprint density at radius 2 is 2.19 bits per heavy atom. The number of nitrogens with one attached hydrogen (secondary N) is 1. The maximum absolute atomic E-state index is 12.0. The van der Waals surface area contributed by atoms with Crippen LogP contribution in [0.25, 0.3) is 0 Å². The monoisotopic (exact) mass is 295 g/mol. The van der Waals surface area contributed by atoms with Crippen LogP contribution < -0.4 is 15.8 Å². The number of hydrogen-bond acceptors (Lipinski definition) is 5. The quantitative estimate of drug-likeness (QED) is 0.628. The summed E-state index contributed by atoms with van der Waals surface area (Å²) in [7, 11) is 1.60. The first-order valence-electron chi connectivity index (χ1n) is 7.13. The fraction of sp³-hybridized carbons (Fsp3) is 0.533. The highest BCUT2D eigenvalue weighted by Gasteiger charge is 2.09. The third-order valence-electron chi connectivity index (χ3n) is 2.98. The summed E-state index contributed by atoms with van der Waals surface area (Å²) in [6, 6.07) is 7.30. The molecule has 3 N–H and O–H groups in total. The van der Waals surface area contributed by atoms with E-state index in [0.29, 0.717) is 32.8 Å². The molecule has 6 nitrogen and oxygen atoms in total. The molecule has 6 heteroatoms. The minimum atomic E-state index is -0.0519. The van der Waals surface area contributed by atoms with Gasteiger partial charge in [0.2, 0.25) is 5.91 Å². The van der Waals surface area contributed by atoms with E-state index in [-0.39, 0.29) is 5.91 Å². The number of amides is 1. The first-order chi connectivity index (χ1) is 10.2. The lowest BCUT2D eigenvalue weighted by molar-refractivity contribution is -0.117. The second-order valence-corrected chi connectivity index (χ2v) is 4.55. The van der Waals surface area contributed by atoms with Gasteiger partial charge < -0.3 is 20.5 Å². The van der Waals surface area contributed by atoms with Gasteiger partial charge in [-0.1, -0.05) is 13.0 Å². The molecule has 0 bridgehead atoms. The first kappa shape index (κ1) is 17.4. The molecule has 0 heterocycles. The highest BCUT2D eigenvalue weighted by molar-refractivity contribution is 5.92. The molecule has 21 heavy (non-hydrogen) atoms. The molecule has 1 aromatic carbocycles. The van der Waals surface area contributed by atoms with E-state index in [4.69, 9.17) is 15.2 Å². The van der Waals surface area contributed by atoms with Crippen molar-refractivity contribution >= 4 is 11.6 Å². The van der Waals surface area contributed by atoms with Gasteiger partial charge in [-0.25, -0.2) is 0 Å². The third kappa shape index (κ3) is 7.08. The Bertz CT molecular complexity index is 426. The number of ether oxygens (including phenoxy) is 2. The number of hydrogen-bond donors (Lipinski definition) is 2. The largest absolute Gasteiger partial charge is 0.497 e. The summed E-state index contributed by atoms with van der Waals surface area (Å²) in [6.07, 6.45) is 0. The summed E-state index contributed by atoms with van der Waals surface area (Å²) in [5, 5.41) is 2.86. The van der Waals surface area contributed by atoms with Gasteiger partial charge in [0, 0.05) is 24.8 Å².